The van der Waals surface area contributed by atoms with Crippen molar-refractivity contribution in [2.75, 3.05) is 0 Å². The Balaban J connectivity index is 2.00. The van der Waals surface area contributed by atoms with Crippen LogP contribution < -0.4 is 27.6 Å². The molecular formula is C28H33N5O7. The van der Waals surface area contributed by atoms with Crippen LogP contribution in [0.2, 0.25) is 0 Å². The van der Waals surface area contributed by atoms with Gasteiger partial charge in [-0.05, 0) is 30.0 Å². The molecule has 0 spiro atoms. The molecule has 3 rings (SSSR count). The van der Waals surface area contributed by atoms with Crippen LogP contribution in [0.4, 0.5) is 0 Å². The van der Waals surface area contributed by atoms with Crippen LogP contribution in [0, 0.1) is 5.92 Å². The molecule has 3 amide bonds. The van der Waals surface area contributed by atoms with Crippen LogP contribution in [0.25, 0.3) is 10.9 Å². The molecule has 6 N–H and O–H groups in total. The van der Waals surface area contributed by atoms with E-state index in [0.29, 0.717) is 17.5 Å². The summed E-state index contributed by atoms with van der Waals surface area (Å²) in [6.45, 7) is 3.49. The number of carboxylic acid groups (broad SMARTS) is 1. The molecule has 0 aliphatic rings. The number of carbonyl (C=O) groups excluding carboxylic acids is 3. The van der Waals surface area contributed by atoms with Gasteiger partial charge in [0, 0.05) is 12.8 Å². The number of aromatic amines is 1. The summed E-state index contributed by atoms with van der Waals surface area (Å²) in [5.41, 5.74) is 4.65. The van der Waals surface area contributed by atoms with Gasteiger partial charge in [-0.2, -0.15) is 0 Å². The quantitative estimate of drug-likeness (QED) is 0.208. The second-order valence-corrected chi connectivity index (χ2v) is 9.63. The SMILES string of the molecule is CC[C@@H](C)[C@H](NC(=O)[C@H](Cc1ccccc1)n1c(=O)[nH]c2ccccc2c1=O)C(=O)N[C@H](CCC(N)=O)C(=O)O. The van der Waals surface area contributed by atoms with Crippen LogP contribution in [0.1, 0.15) is 44.7 Å². The van der Waals surface area contributed by atoms with Crippen LogP contribution in [0.15, 0.2) is 64.2 Å². The lowest BCUT2D eigenvalue weighted by Gasteiger charge is -2.28. The third-order valence-electron chi connectivity index (χ3n) is 6.81. The first-order valence-corrected chi connectivity index (χ1v) is 12.9. The normalized spacial score (nSPS) is 14.1. The van der Waals surface area contributed by atoms with Crippen molar-refractivity contribution in [2.45, 2.75) is 57.7 Å². The molecule has 0 fully saturated rings. The zero-order valence-electron chi connectivity index (χ0n) is 22.3. The molecule has 212 valence electrons. The zero-order chi connectivity index (χ0) is 29.4. The Morgan fingerprint density at radius 2 is 1.62 bits per heavy atom. The first-order valence-electron chi connectivity index (χ1n) is 12.9. The summed E-state index contributed by atoms with van der Waals surface area (Å²) in [7, 11) is 0. The van der Waals surface area contributed by atoms with Gasteiger partial charge in [-0.15, -0.1) is 0 Å². The standard InChI is InChI=1S/C28H33N5O7/c1-3-16(2)23(25(36)30-20(27(38)39)13-14-22(29)34)32-24(35)21(15-17-9-5-4-6-10-17)33-26(37)18-11-7-8-12-19(18)31-28(33)40/h4-12,16,20-21,23H,3,13-15H2,1-2H3,(H2,29,34)(H,30,36)(H,31,40)(H,32,35)(H,38,39)/t16-,20-,21+,23+/m1/s1. The van der Waals surface area contributed by atoms with Crippen molar-refractivity contribution >= 4 is 34.6 Å². The minimum atomic E-state index is -1.41. The molecule has 4 atom stereocenters. The number of primary amides is 1. The number of nitrogens with zero attached hydrogens (tertiary/aromatic N) is 1. The van der Waals surface area contributed by atoms with E-state index in [-0.39, 0.29) is 24.6 Å². The van der Waals surface area contributed by atoms with Crippen molar-refractivity contribution < 1.29 is 24.3 Å². The number of amides is 3. The molecule has 40 heavy (non-hydrogen) atoms. The monoisotopic (exact) mass is 551 g/mol. The number of H-pyrrole nitrogens is 1. The van der Waals surface area contributed by atoms with Crippen molar-refractivity contribution in [2.24, 2.45) is 11.7 Å². The molecule has 0 radical (unpaired) electrons. The van der Waals surface area contributed by atoms with Gasteiger partial charge in [0.1, 0.15) is 18.1 Å². The van der Waals surface area contributed by atoms with Gasteiger partial charge < -0.3 is 26.5 Å². The zero-order valence-corrected chi connectivity index (χ0v) is 22.3. The van der Waals surface area contributed by atoms with Crippen LogP contribution in [-0.4, -0.2) is 50.4 Å². The Morgan fingerprint density at radius 3 is 2.25 bits per heavy atom. The van der Waals surface area contributed by atoms with Crippen molar-refractivity contribution in [1.82, 2.24) is 20.2 Å². The molecular weight excluding hydrogens is 518 g/mol. The largest absolute Gasteiger partial charge is 0.480 e. The average molecular weight is 552 g/mol. The fourth-order valence-electron chi connectivity index (χ4n) is 4.35. The fraction of sp³-hybridized carbons (Fsp3) is 0.357. The number of carbonyl (C=O) groups is 4. The highest BCUT2D eigenvalue weighted by Gasteiger charge is 2.33. The summed E-state index contributed by atoms with van der Waals surface area (Å²) in [6, 6.07) is 11.3. The minimum Gasteiger partial charge on any atom is -0.480 e. The lowest BCUT2D eigenvalue weighted by Crippen LogP contribution is -2.56. The number of fused-ring (bicyclic) bond motifs is 1. The Morgan fingerprint density at radius 1 is 0.975 bits per heavy atom. The lowest BCUT2D eigenvalue weighted by molar-refractivity contribution is -0.143. The maximum absolute atomic E-state index is 13.8. The summed E-state index contributed by atoms with van der Waals surface area (Å²) < 4.78 is 0.836. The average Bonchev–Trinajstić information content (AvgIpc) is 2.93. The van der Waals surface area contributed by atoms with Crippen molar-refractivity contribution in [1.29, 1.82) is 0 Å². The molecule has 0 saturated heterocycles. The molecule has 1 aromatic heterocycles. The number of rotatable bonds is 13. The van der Waals surface area contributed by atoms with E-state index < -0.39 is 59.0 Å². The number of nitrogens with two attached hydrogens (primary N) is 1. The highest BCUT2D eigenvalue weighted by Crippen LogP contribution is 2.16. The van der Waals surface area contributed by atoms with Gasteiger partial charge in [-0.3, -0.25) is 19.2 Å². The first kappa shape index (κ1) is 29.8. The maximum Gasteiger partial charge on any atom is 0.329 e. The van der Waals surface area contributed by atoms with Gasteiger partial charge in [-0.1, -0.05) is 62.7 Å². The molecule has 1 heterocycles. The van der Waals surface area contributed by atoms with Crippen LogP contribution in [-0.2, 0) is 25.6 Å². The number of nitrogens with one attached hydrogen (secondary N) is 3. The molecule has 0 bridgehead atoms. The van der Waals surface area contributed by atoms with Gasteiger partial charge in [0.25, 0.3) is 5.56 Å². The summed E-state index contributed by atoms with van der Waals surface area (Å²) >= 11 is 0. The Labute approximate surface area is 229 Å². The number of carboxylic acids is 1. The fourth-order valence-corrected chi connectivity index (χ4v) is 4.35. The summed E-state index contributed by atoms with van der Waals surface area (Å²) in [5, 5.41) is 14.7. The molecule has 2 aromatic carbocycles. The molecule has 0 aliphatic carbocycles. The molecule has 0 saturated carbocycles. The number of aromatic nitrogens is 2. The second-order valence-electron chi connectivity index (χ2n) is 9.63. The number of aliphatic carboxylic acids is 1. The van der Waals surface area contributed by atoms with Crippen LogP contribution in [0.5, 0.6) is 0 Å². The Bertz CT molecular complexity index is 1500. The van der Waals surface area contributed by atoms with Crippen molar-refractivity contribution in [3.63, 3.8) is 0 Å². The third kappa shape index (κ3) is 7.22. The van der Waals surface area contributed by atoms with E-state index in [1.54, 1.807) is 62.4 Å². The smallest absolute Gasteiger partial charge is 0.329 e. The molecule has 0 unspecified atom stereocenters. The highest BCUT2D eigenvalue weighted by atomic mass is 16.4. The maximum atomic E-state index is 13.8. The Hall–Kier alpha value is -4.74. The van der Waals surface area contributed by atoms with Gasteiger partial charge in [0.15, 0.2) is 0 Å². The van der Waals surface area contributed by atoms with Gasteiger partial charge in [-0.25, -0.2) is 14.2 Å². The van der Waals surface area contributed by atoms with E-state index in [9.17, 15) is 33.9 Å². The van der Waals surface area contributed by atoms with Crippen molar-refractivity contribution in [3.05, 3.63) is 81.0 Å². The summed E-state index contributed by atoms with van der Waals surface area (Å²) in [5.74, 6) is -4.07. The van der Waals surface area contributed by atoms with E-state index in [0.717, 1.165) is 4.57 Å². The number of hydrogen-bond donors (Lipinski definition) is 5. The van der Waals surface area contributed by atoms with Gasteiger partial charge >= 0.3 is 11.7 Å². The van der Waals surface area contributed by atoms with Crippen molar-refractivity contribution in [3.8, 4) is 0 Å². The van der Waals surface area contributed by atoms with E-state index in [1.165, 1.54) is 6.07 Å². The van der Waals surface area contributed by atoms with Crippen LogP contribution >= 0.6 is 0 Å². The predicted molar refractivity (Wildman–Crippen MR) is 147 cm³/mol. The Kier molecular flexibility index (Phi) is 9.96. The summed E-state index contributed by atoms with van der Waals surface area (Å²) in [4.78, 5) is 79.0. The second kappa shape index (κ2) is 13.4. The van der Waals surface area contributed by atoms with E-state index in [2.05, 4.69) is 15.6 Å². The minimum absolute atomic E-state index is 0.0286. The van der Waals surface area contributed by atoms with E-state index >= 15 is 0 Å². The van der Waals surface area contributed by atoms with E-state index in [4.69, 9.17) is 5.73 Å². The van der Waals surface area contributed by atoms with Gasteiger partial charge in [0.2, 0.25) is 17.7 Å². The third-order valence-corrected chi connectivity index (χ3v) is 6.81. The predicted octanol–water partition coefficient (Wildman–Crippen LogP) is 0.839. The molecule has 12 nitrogen and oxygen atoms in total. The van der Waals surface area contributed by atoms with Gasteiger partial charge in [0.05, 0.1) is 10.9 Å². The number of hydrogen-bond acceptors (Lipinski definition) is 6. The number of para-hydroxylation sites is 1. The molecule has 3 aromatic rings. The van der Waals surface area contributed by atoms with E-state index in [1.807, 2.05) is 0 Å². The van der Waals surface area contributed by atoms with Crippen LogP contribution in [0.3, 0.4) is 0 Å². The first-order chi connectivity index (χ1) is 19.0. The molecule has 12 heteroatoms. The highest BCUT2D eigenvalue weighted by molar-refractivity contribution is 5.92. The molecule has 0 aliphatic heterocycles. The summed E-state index contributed by atoms with van der Waals surface area (Å²) in [6.07, 6.45) is -0.0725. The topological polar surface area (TPSA) is 193 Å². The number of benzene rings is 2. The lowest BCUT2D eigenvalue weighted by atomic mass is 9.96.